The van der Waals surface area contributed by atoms with Gasteiger partial charge in [0, 0.05) is 63.3 Å². The number of aromatic nitrogens is 6. The standard InChI is InChI=1S/C29H36N10O/c1-20(2)12-22(17-35(3)4)29(40)38-10-8-37(9-11-38)26-7-6-21(14-31-26)27-28-23(13-30)15-33-39(28)19-25(34-27)24-16-32-36(5)18-24/h6-7,14-16,18-20,22H,8-12,17H2,1-5H3/t22-/m0/s1. The van der Waals surface area contributed by atoms with Crippen molar-refractivity contribution >= 4 is 17.2 Å². The van der Waals surface area contributed by atoms with Crippen LogP contribution in [0.1, 0.15) is 25.8 Å². The molecule has 0 aliphatic carbocycles. The van der Waals surface area contributed by atoms with E-state index in [1.165, 1.54) is 0 Å². The molecule has 0 saturated carbocycles. The lowest BCUT2D eigenvalue weighted by molar-refractivity contribution is -0.136. The summed E-state index contributed by atoms with van der Waals surface area (Å²) in [4.78, 5) is 29.3. The van der Waals surface area contributed by atoms with Gasteiger partial charge < -0.3 is 14.7 Å². The molecule has 0 N–H and O–H groups in total. The Balaban J connectivity index is 1.34. The zero-order valence-corrected chi connectivity index (χ0v) is 23.8. The highest BCUT2D eigenvalue weighted by Crippen LogP contribution is 2.29. The Hall–Kier alpha value is -4.30. The number of hydrogen-bond donors (Lipinski definition) is 0. The Morgan fingerprint density at radius 1 is 1.05 bits per heavy atom. The number of carbonyl (C=O) groups excluding carboxylic acids is 1. The van der Waals surface area contributed by atoms with Crippen molar-refractivity contribution in [1.29, 1.82) is 5.26 Å². The van der Waals surface area contributed by atoms with Crippen LogP contribution in [-0.2, 0) is 11.8 Å². The minimum absolute atomic E-state index is 0.0209. The third-order valence-corrected chi connectivity index (χ3v) is 7.25. The molecule has 0 bridgehead atoms. The first kappa shape index (κ1) is 27.3. The van der Waals surface area contributed by atoms with E-state index in [1.807, 2.05) is 50.6 Å². The number of anilines is 1. The summed E-state index contributed by atoms with van der Waals surface area (Å²) in [6.07, 6.45) is 9.71. The highest BCUT2D eigenvalue weighted by Gasteiger charge is 2.29. The van der Waals surface area contributed by atoms with Gasteiger partial charge >= 0.3 is 0 Å². The molecule has 0 aromatic carbocycles. The second kappa shape index (κ2) is 11.4. The molecule has 40 heavy (non-hydrogen) atoms. The SMILES string of the molecule is CC(C)C[C@@H](CN(C)C)C(=O)N1CCN(c2ccc(-c3nc(-c4cnn(C)c4)cn4ncc(C#N)c34)cn2)CC1. The predicted octanol–water partition coefficient (Wildman–Crippen LogP) is 2.94. The summed E-state index contributed by atoms with van der Waals surface area (Å²) in [6.45, 7) is 7.94. The normalized spacial score (nSPS) is 14.8. The number of carbonyl (C=O) groups is 1. The van der Waals surface area contributed by atoms with Crippen LogP contribution in [0.3, 0.4) is 0 Å². The summed E-state index contributed by atoms with van der Waals surface area (Å²) >= 11 is 0. The van der Waals surface area contributed by atoms with Crippen LogP contribution in [0.15, 0.2) is 43.1 Å². The minimum Gasteiger partial charge on any atom is -0.353 e. The lowest BCUT2D eigenvalue weighted by Gasteiger charge is -2.37. The first-order valence-corrected chi connectivity index (χ1v) is 13.7. The quantitative estimate of drug-likeness (QED) is 0.335. The summed E-state index contributed by atoms with van der Waals surface area (Å²) < 4.78 is 3.41. The van der Waals surface area contributed by atoms with Gasteiger partial charge in [0.25, 0.3) is 0 Å². The van der Waals surface area contributed by atoms with Crippen LogP contribution < -0.4 is 4.90 Å². The average molecular weight is 541 g/mol. The molecule has 0 spiro atoms. The number of piperazine rings is 1. The Bertz CT molecular complexity index is 1510. The molecule has 1 amide bonds. The van der Waals surface area contributed by atoms with Gasteiger partial charge in [0.15, 0.2) is 0 Å². The number of fused-ring (bicyclic) bond motifs is 1. The number of amides is 1. The average Bonchev–Trinajstić information content (AvgIpc) is 3.57. The highest BCUT2D eigenvalue weighted by atomic mass is 16.2. The fourth-order valence-electron chi connectivity index (χ4n) is 5.38. The molecule has 1 saturated heterocycles. The Morgan fingerprint density at radius 2 is 1.82 bits per heavy atom. The lowest BCUT2D eigenvalue weighted by atomic mass is 9.95. The second-order valence-corrected chi connectivity index (χ2v) is 11.1. The minimum atomic E-state index is 0.0209. The van der Waals surface area contributed by atoms with E-state index in [0.29, 0.717) is 41.5 Å². The first-order valence-electron chi connectivity index (χ1n) is 13.7. The fourth-order valence-corrected chi connectivity index (χ4v) is 5.38. The van der Waals surface area contributed by atoms with Gasteiger partial charge in [-0.1, -0.05) is 13.8 Å². The molecule has 1 aliphatic heterocycles. The van der Waals surface area contributed by atoms with Gasteiger partial charge in [-0.2, -0.15) is 15.5 Å². The largest absolute Gasteiger partial charge is 0.353 e. The van der Waals surface area contributed by atoms with Gasteiger partial charge in [-0.3, -0.25) is 9.48 Å². The smallest absolute Gasteiger partial charge is 0.227 e. The van der Waals surface area contributed by atoms with Crippen molar-refractivity contribution in [3.8, 4) is 28.6 Å². The summed E-state index contributed by atoms with van der Waals surface area (Å²) in [5.74, 6) is 1.61. The fraction of sp³-hybridized carbons (Fsp3) is 0.448. The van der Waals surface area contributed by atoms with E-state index in [1.54, 1.807) is 27.8 Å². The maximum absolute atomic E-state index is 13.3. The lowest BCUT2D eigenvalue weighted by Crippen LogP contribution is -2.51. The van der Waals surface area contributed by atoms with Crippen molar-refractivity contribution in [3.63, 3.8) is 0 Å². The van der Waals surface area contributed by atoms with Gasteiger partial charge in [-0.25, -0.2) is 14.5 Å². The van der Waals surface area contributed by atoms with E-state index >= 15 is 0 Å². The molecule has 5 heterocycles. The molecule has 4 aromatic heterocycles. The van der Waals surface area contributed by atoms with Crippen LogP contribution in [0.5, 0.6) is 0 Å². The summed E-state index contributed by atoms with van der Waals surface area (Å²) in [7, 11) is 5.91. The van der Waals surface area contributed by atoms with E-state index < -0.39 is 0 Å². The Morgan fingerprint density at radius 3 is 2.42 bits per heavy atom. The zero-order chi connectivity index (χ0) is 28.4. The van der Waals surface area contributed by atoms with Crippen LogP contribution in [-0.4, -0.2) is 91.9 Å². The first-order chi connectivity index (χ1) is 19.2. The molecule has 5 rings (SSSR count). The molecule has 1 aliphatic rings. The number of nitrogens with zero attached hydrogens (tertiary/aromatic N) is 10. The Kier molecular flexibility index (Phi) is 7.80. The number of pyridine rings is 1. The van der Waals surface area contributed by atoms with E-state index in [9.17, 15) is 10.1 Å². The number of aryl methyl sites for hydroxylation is 1. The molecular formula is C29H36N10O. The van der Waals surface area contributed by atoms with Crippen molar-refractivity contribution in [2.45, 2.75) is 20.3 Å². The van der Waals surface area contributed by atoms with Crippen LogP contribution in [0, 0.1) is 23.2 Å². The molecule has 4 aromatic rings. The van der Waals surface area contributed by atoms with Gasteiger partial charge in [0.1, 0.15) is 23.0 Å². The van der Waals surface area contributed by atoms with Gasteiger partial charge in [0.05, 0.1) is 35.9 Å². The topological polar surface area (TPSA) is 111 Å². The molecule has 11 nitrogen and oxygen atoms in total. The molecule has 0 unspecified atom stereocenters. The van der Waals surface area contributed by atoms with Crippen LogP contribution >= 0.6 is 0 Å². The van der Waals surface area contributed by atoms with Gasteiger partial charge in [-0.05, 0) is 38.6 Å². The van der Waals surface area contributed by atoms with E-state index in [-0.39, 0.29) is 11.8 Å². The maximum Gasteiger partial charge on any atom is 0.227 e. The monoisotopic (exact) mass is 540 g/mol. The molecule has 11 heteroatoms. The third kappa shape index (κ3) is 5.67. The summed E-state index contributed by atoms with van der Waals surface area (Å²) in [5, 5.41) is 18.3. The van der Waals surface area contributed by atoms with Crippen LogP contribution in [0.4, 0.5) is 5.82 Å². The van der Waals surface area contributed by atoms with Crippen molar-refractivity contribution in [1.82, 2.24) is 39.2 Å². The van der Waals surface area contributed by atoms with Crippen molar-refractivity contribution in [3.05, 3.63) is 48.7 Å². The molecular weight excluding hydrogens is 504 g/mol. The molecule has 0 radical (unpaired) electrons. The molecule has 208 valence electrons. The van der Waals surface area contributed by atoms with Gasteiger partial charge in [0.2, 0.25) is 5.91 Å². The third-order valence-electron chi connectivity index (χ3n) is 7.25. The summed E-state index contributed by atoms with van der Waals surface area (Å²) in [5.41, 5.74) is 4.10. The number of hydrogen-bond acceptors (Lipinski definition) is 8. The maximum atomic E-state index is 13.3. The van der Waals surface area contributed by atoms with E-state index in [0.717, 1.165) is 43.0 Å². The van der Waals surface area contributed by atoms with Crippen molar-refractivity contribution < 1.29 is 4.79 Å². The van der Waals surface area contributed by atoms with E-state index in [4.69, 9.17) is 9.97 Å². The molecule has 1 fully saturated rings. The second-order valence-electron chi connectivity index (χ2n) is 11.1. The number of rotatable bonds is 8. The highest BCUT2D eigenvalue weighted by molar-refractivity contribution is 5.83. The molecule has 1 atom stereocenters. The summed E-state index contributed by atoms with van der Waals surface area (Å²) in [6, 6.07) is 6.19. The Labute approximate surface area is 234 Å². The zero-order valence-electron chi connectivity index (χ0n) is 23.8. The van der Waals surface area contributed by atoms with Gasteiger partial charge in [-0.15, -0.1) is 0 Å². The van der Waals surface area contributed by atoms with E-state index in [2.05, 4.69) is 39.9 Å². The van der Waals surface area contributed by atoms with Crippen LogP contribution in [0.2, 0.25) is 0 Å². The van der Waals surface area contributed by atoms with Crippen LogP contribution in [0.25, 0.3) is 28.0 Å². The predicted molar refractivity (Wildman–Crippen MR) is 153 cm³/mol. The van der Waals surface area contributed by atoms with Crippen molar-refractivity contribution in [2.75, 3.05) is 51.7 Å². The van der Waals surface area contributed by atoms with Crippen molar-refractivity contribution in [2.24, 2.45) is 18.9 Å². The number of nitriles is 1.